The first kappa shape index (κ1) is 13.6. The molecule has 0 aromatic carbocycles. The van der Waals surface area contributed by atoms with Gasteiger partial charge in [0.05, 0.1) is 6.10 Å². The summed E-state index contributed by atoms with van der Waals surface area (Å²) in [4.78, 5) is 12.8. The van der Waals surface area contributed by atoms with E-state index in [0.717, 1.165) is 17.8 Å². The minimum Gasteiger partial charge on any atom is -0.377 e. The van der Waals surface area contributed by atoms with Crippen molar-refractivity contribution in [2.75, 3.05) is 12.0 Å². The average Bonchev–Trinajstić information content (AvgIpc) is 2.98. The Morgan fingerprint density at radius 1 is 1.40 bits per heavy atom. The fraction of sp³-hybridized carbons (Fsp3) is 0.667. The Balaban J connectivity index is 1.87. The summed E-state index contributed by atoms with van der Waals surface area (Å²) in [6.07, 6.45) is 0.965. The predicted molar refractivity (Wildman–Crippen MR) is 76.8 cm³/mol. The van der Waals surface area contributed by atoms with Gasteiger partial charge in [-0.15, -0.1) is 0 Å². The van der Waals surface area contributed by atoms with Crippen LogP contribution in [0, 0.1) is 25.2 Å². The Hall–Kier alpha value is -1.33. The second kappa shape index (κ2) is 4.09. The monoisotopic (exact) mass is 277 g/mol. The van der Waals surface area contributed by atoms with Gasteiger partial charge in [-0.25, -0.2) is 0 Å². The molecule has 1 aliphatic carbocycles. The average molecular weight is 277 g/mol. The minimum absolute atomic E-state index is 0.102. The molecule has 20 heavy (non-hydrogen) atoms. The maximum atomic E-state index is 12.8. The molecule has 110 valence electrons. The molecular weight excluding hydrogens is 254 g/mol. The number of nitrogens with two attached hydrogens (primary N) is 1. The maximum absolute atomic E-state index is 12.8. The number of aromatic nitrogens is 1. The number of hydrogen-bond acceptors (Lipinski definition) is 3. The highest BCUT2D eigenvalue weighted by Gasteiger charge is 2.71. The topological polar surface area (TPSA) is 69.3 Å². The SMILES string of the molecule is Cc1ccc(C)n1NC(=O)C1(N)C2CCOC2C1(C)C. The molecule has 3 unspecified atom stereocenters. The standard InChI is InChI=1S/C15H23N3O2/c1-9-5-6-10(2)18(9)17-13(19)15(16)11-7-8-20-12(11)14(15,3)4/h5-6,11-12H,7-8,16H2,1-4H3,(H,17,19). The van der Waals surface area contributed by atoms with Gasteiger partial charge in [-0.2, -0.15) is 0 Å². The maximum Gasteiger partial charge on any atom is 0.259 e. The quantitative estimate of drug-likeness (QED) is 0.856. The van der Waals surface area contributed by atoms with Crippen LogP contribution in [-0.4, -0.2) is 28.8 Å². The molecular formula is C15H23N3O2. The van der Waals surface area contributed by atoms with Crippen molar-refractivity contribution in [3.8, 4) is 0 Å². The van der Waals surface area contributed by atoms with E-state index in [1.807, 2.05) is 39.8 Å². The Labute approximate surface area is 119 Å². The molecule has 2 aliphatic rings. The van der Waals surface area contributed by atoms with Gasteiger partial charge in [0.25, 0.3) is 5.91 Å². The Bertz CT molecular complexity index is 544. The van der Waals surface area contributed by atoms with E-state index in [1.165, 1.54) is 0 Å². The first-order valence-electron chi connectivity index (χ1n) is 7.17. The van der Waals surface area contributed by atoms with Gasteiger partial charge in [0.1, 0.15) is 5.54 Å². The van der Waals surface area contributed by atoms with E-state index in [2.05, 4.69) is 5.43 Å². The molecule has 5 heteroatoms. The Morgan fingerprint density at radius 3 is 2.60 bits per heavy atom. The first-order chi connectivity index (χ1) is 9.30. The van der Waals surface area contributed by atoms with Gasteiger partial charge in [-0.1, -0.05) is 13.8 Å². The van der Waals surface area contributed by atoms with E-state index >= 15 is 0 Å². The van der Waals surface area contributed by atoms with Gasteiger partial charge in [-0.3, -0.25) is 14.9 Å². The summed E-state index contributed by atoms with van der Waals surface area (Å²) in [7, 11) is 0. The number of carbonyl (C=O) groups excluding carboxylic acids is 1. The van der Waals surface area contributed by atoms with Crippen molar-refractivity contribution in [1.82, 2.24) is 4.68 Å². The Kier molecular flexibility index (Phi) is 2.79. The number of rotatable bonds is 2. The van der Waals surface area contributed by atoms with E-state index < -0.39 is 5.54 Å². The lowest BCUT2D eigenvalue weighted by Gasteiger charge is -2.60. The number of nitrogens with one attached hydrogen (secondary N) is 1. The highest BCUT2D eigenvalue weighted by molar-refractivity contribution is 5.95. The highest BCUT2D eigenvalue weighted by atomic mass is 16.5. The zero-order valence-electron chi connectivity index (χ0n) is 12.6. The summed E-state index contributed by atoms with van der Waals surface area (Å²) in [6.45, 7) is 8.67. The van der Waals surface area contributed by atoms with Crippen molar-refractivity contribution in [2.24, 2.45) is 17.1 Å². The van der Waals surface area contributed by atoms with Crippen LogP contribution < -0.4 is 11.2 Å². The van der Waals surface area contributed by atoms with Gasteiger partial charge >= 0.3 is 0 Å². The molecule has 1 aromatic rings. The van der Waals surface area contributed by atoms with Crippen LogP contribution in [0.4, 0.5) is 0 Å². The number of nitrogens with zero attached hydrogens (tertiary/aromatic N) is 1. The molecule has 0 radical (unpaired) electrons. The van der Waals surface area contributed by atoms with Gasteiger partial charge in [0.15, 0.2) is 0 Å². The van der Waals surface area contributed by atoms with E-state index in [4.69, 9.17) is 10.5 Å². The summed E-state index contributed by atoms with van der Waals surface area (Å²) in [5, 5.41) is 0. The van der Waals surface area contributed by atoms with E-state index in [1.54, 1.807) is 4.68 Å². The zero-order chi connectivity index (χ0) is 14.7. The third kappa shape index (κ3) is 1.48. The van der Waals surface area contributed by atoms with Crippen molar-refractivity contribution in [1.29, 1.82) is 0 Å². The predicted octanol–water partition coefficient (Wildman–Crippen LogP) is 1.32. The van der Waals surface area contributed by atoms with Crippen molar-refractivity contribution in [2.45, 2.75) is 45.8 Å². The number of fused-ring (bicyclic) bond motifs is 1. The van der Waals surface area contributed by atoms with E-state index in [-0.39, 0.29) is 23.3 Å². The molecule has 1 saturated heterocycles. The number of hydrogen-bond donors (Lipinski definition) is 2. The lowest BCUT2D eigenvalue weighted by atomic mass is 9.48. The van der Waals surface area contributed by atoms with E-state index in [9.17, 15) is 4.79 Å². The molecule has 2 heterocycles. The van der Waals surface area contributed by atoms with Crippen LogP contribution in [0.15, 0.2) is 12.1 Å². The fourth-order valence-electron chi connectivity index (χ4n) is 3.88. The summed E-state index contributed by atoms with van der Waals surface area (Å²) >= 11 is 0. The van der Waals surface area contributed by atoms with Gasteiger partial charge < -0.3 is 10.5 Å². The fourth-order valence-corrected chi connectivity index (χ4v) is 3.88. The number of aryl methyl sites for hydroxylation is 2. The van der Waals surface area contributed by atoms with Crippen LogP contribution in [0.25, 0.3) is 0 Å². The number of amides is 1. The summed E-state index contributed by atoms with van der Waals surface area (Å²) in [5.41, 5.74) is 10.3. The largest absolute Gasteiger partial charge is 0.377 e. The highest BCUT2D eigenvalue weighted by Crippen LogP contribution is 2.58. The normalized spacial score (nSPS) is 34.5. The molecule has 1 amide bonds. The van der Waals surface area contributed by atoms with E-state index in [0.29, 0.717) is 6.61 Å². The Morgan fingerprint density at radius 2 is 2.00 bits per heavy atom. The lowest BCUT2D eigenvalue weighted by molar-refractivity contribution is -0.171. The van der Waals surface area contributed by atoms with Crippen LogP contribution >= 0.6 is 0 Å². The molecule has 2 fully saturated rings. The molecule has 3 rings (SSSR count). The van der Waals surface area contributed by atoms with Crippen molar-refractivity contribution < 1.29 is 9.53 Å². The van der Waals surface area contributed by atoms with Crippen molar-refractivity contribution in [3.63, 3.8) is 0 Å². The molecule has 3 N–H and O–H groups in total. The minimum atomic E-state index is -0.864. The van der Waals surface area contributed by atoms with Crippen LogP contribution in [-0.2, 0) is 9.53 Å². The van der Waals surface area contributed by atoms with Crippen molar-refractivity contribution in [3.05, 3.63) is 23.5 Å². The molecule has 0 bridgehead atoms. The van der Waals surface area contributed by atoms with Crippen LogP contribution in [0.2, 0.25) is 0 Å². The number of ether oxygens (including phenoxy) is 1. The molecule has 1 saturated carbocycles. The third-order valence-electron chi connectivity index (χ3n) is 5.31. The summed E-state index contributed by atoms with van der Waals surface area (Å²) in [5.74, 6) is 0.00493. The van der Waals surface area contributed by atoms with Gasteiger partial charge in [-0.05, 0) is 32.4 Å². The van der Waals surface area contributed by atoms with Gasteiger partial charge in [0, 0.05) is 29.3 Å². The zero-order valence-corrected chi connectivity index (χ0v) is 12.6. The molecule has 1 aliphatic heterocycles. The second-order valence-corrected chi connectivity index (χ2v) is 6.67. The molecule has 0 spiro atoms. The smallest absolute Gasteiger partial charge is 0.259 e. The number of carbonyl (C=O) groups is 1. The van der Waals surface area contributed by atoms with Crippen LogP contribution in [0.1, 0.15) is 31.7 Å². The second-order valence-electron chi connectivity index (χ2n) is 6.67. The molecule has 5 nitrogen and oxygen atoms in total. The molecule has 1 aromatic heterocycles. The first-order valence-corrected chi connectivity index (χ1v) is 7.17. The van der Waals surface area contributed by atoms with Gasteiger partial charge in [0.2, 0.25) is 0 Å². The summed E-state index contributed by atoms with van der Waals surface area (Å²) in [6, 6.07) is 3.96. The molecule has 3 atom stereocenters. The van der Waals surface area contributed by atoms with Crippen LogP contribution in [0.3, 0.4) is 0 Å². The lowest BCUT2D eigenvalue weighted by Crippen LogP contribution is -2.79. The summed E-state index contributed by atoms with van der Waals surface area (Å²) < 4.78 is 7.53. The third-order valence-corrected chi connectivity index (χ3v) is 5.31. The van der Waals surface area contributed by atoms with Crippen LogP contribution in [0.5, 0.6) is 0 Å². The van der Waals surface area contributed by atoms with Crippen molar-refractivity contribution >= 4 is 5.91 Å².